The highest BCUT2D eigenvalue weighted by Crippen LogP contribution is 2.40. The second-order valence-corrected chi connectivity index (χ2v) is 11.1. The van der Waals surface area contributed by atoms with E-state index in [0.717, 1.165) is 37.1 Å². The lowest BCUT2D eigenvalue weighted by molar-refractivity contribution is -0.142. The fraction of sp³-hybridized carbons (Fsp3) is 0.708. The van der Waals surface area contributed by atoms with Gasteiger partial charge in [0, 0.05) is 44.8 Å². The van der Waals surface area contributed by atoms with Crippen molar-refractivity contribution < 1.29 is 19.4 Å². The van der Waals surface area contributed by atoms with Crippen LogP contribution in [0.2, 0.25) is 0 Å². The first-order valence-corrected chi connectivity index (χ1v) is 12.5. The Kier molecular flexibility index (Phi) is 6.16. The van der Waals surface area contributed by atoms with Crippen LogP contribution in [0.25, 0.3) is 0 Å². The van der Waals surface area contributed by atoms with Crippen molar-refractivity contribution in [2.75, 3.05) is 18.5 Å². The Bertz CT molecular complexity index is 1090. The molecule has 0 spiro atoms. The molecule has 0 aromatic carbocycles. The molecule has 0 radical (unpaired) electrons. The normalized spacial score (nSPS) is 25.7. The first-order valence-electron chi connectivity index (χ1n) is 12.5. The van der Waals surface area contributed by atoms with Crippen LogP contribution < -0.4 is 5.32 Å². The minimum Gasteiger partial charge on any atom is -0.391 e. The number of amides is 2. The number of aryl methyl sites for hydroxylation is 1. The van der Waals surface area contributed by atoms with Gasteiger partial charge in [-0.2, -0.15) is 5.10 Å². The molecule has 4 atom stereocenters. The molecule has 2 aliphatic heterocycles. The maximum Gasteiger partial charge on any atom is 0.248 e. The summed E-state index contributed by atoms with van der Waals surface area (Å²) in [5.41, 5.74) is 1.21. The summed E-state index contributed by atoms with van der Waals surface area (Å²) in [5.74, 6) is 0.366. The fourth-order valence-corrected chi connectivity index (χ4v) is 5.11. The van der Waals surface area contributed by atoms with E-state index in [1.165, 1.54) is 4.90 Å². The van der Waals surface area contributed by atoms with E-state index in [1.807, 2.05) is 33.0 Å². The number of nitrogens with zero attached hydrogens (tertiary/aromatic N) is 6. The summed E-state index contributed by atoms with van der Waals surface area (Å²) in [6.07, 6.45) is 5.27. The van der Waals surface area contributed by atoms with E-state index in [1.54, 1.807) is 16.4 Å². The lowest BCUT2D eigenvalue weighted by Crippen LogP contribution is -2.49. The van der Waals surface area contributed by atoms with Crippen LogP contribution in [0.4, 0.5) is 5.82 Å². The van der Waals surface area contributed by atoms with Crippen molar-refractivity contribution in [1.82, 2.24) is 29.7 Å². The quantitative estimate of drug-likeness (QED) is 0.640. The molecule has 2 saturated heterocycles. The number of carbonyl (C=O) groups excluding carboxylic acids is 2. The summed E-state index contributed by atoms with van der Waals surface area (Å²) in [7, 11) is 1.76. The largest absolute Gasteiger partial charge is 0.391 e. The topological polar surface area (TPSA) is 127 Å². The SMILES string of the molecule is Cn1nc(C2CCCO2)cc1NC(=O)C1CC(O)CN1C(=O)C(n1cc(C2CC2)nn1)C(C)(C)C. The zero-order valence-electron chi connectivity index (χ0n) is 20.8. The van der Waals surface area contributed by atoms with Gasteiger partial charge in [0.1, 0.15) is 24.0 Å². The van der Waals surface area contributed by atoms with Gasteiger partial charge in [0.15, 0.2) is 0 Å². The van der Waals surface area contributed by atoms with Crippen molar-refractivity contribution in [3.8, 4) is 0 Å². The van der Waals surface area contributed by atoms with Crippen molar-refractivity contribution in [3.63, 3.8) is 0 Å². The van der Waals surface area contributed by atoms with E-state index >= 15 is 0 Å². The van der Waals surface area contributed by atoms with Crippen molar-refractivity contribution in [1.29, 1.82) is 0 Å². The van der Waals surface area contributed by atoms with Crippen molar-refractivity contribution >= 4 is 17.6 Å². The maximum absolute atomic E-state index is 13.9. The molecule has 2 amide bonds. The number of nitrogens with one attached hydrogen (secondary N) is 1. The van der Waals surface area contributed by atoms with Gasteiger partial charge in [0.05, 0.1) is 17.5 Å². The second-order valence-electron chi connectivity index (χ2n) is 11.1. The highest BCUT2D eigenvalue weighted by atomic mass is 16.5. The highest BCUT2D eigenvalue weighted by molar-refractivity contribution is 5.97. The zero-order valence-corrected chi connectivity index (χ0v) is 20.8. The molecule has 3 fully saturated rings. The molecule has 2 aromatic heterocycles. The smallest absolute Gasteiger partial charge is 0.248 e. The highest BCUT2D eigenvalue weighted by Gasteiger charge is 2.45. The van der Waals surface area contributed by atoms with Crippen molar-refractivity contribution in [2.45, 2.75) is 83.1 Å². The number of anilines is 1. The number of β-amino-alcohol motifs (C(OH)–C–C–N with tert-alkyl or cyclic N) is 1. The van der Waals surface area contributed by atoms with Gasteiger partial charge >= 0.3 is 0 Å². The summed E-state index contributed by atoms with van der Waals surface area (Å²) < 4.78 is 8.95. The van der Waals surface area contributed by atoms with Gasteiger partial charge in [0.2, 0.25) is 11.8 Å². The number of aliphatic hydroxyl groups is 1. The molecule has 190 valence electrons. The van der Waals surface area contributed by atoms with Crippen molar-refractivity contribution in [2.24, 2.45) is 12.5 Å². The molecule has 1 aliphatic carbocycles. The van der Waals surface area contributed by atoms with Crippen LogP contribution in [0.15, 0.2) is 12.3 Å². The number of ether oxygens (including phenoxy) is 1. The number of rotatable bonds is 6. The fourth-order valence-electron chi connectivity index (χ4n) is 5.11. The molecule has 4 unspecified atom stereocenters. The molecule has 5 rings (SSSR count). The lowest BCUT2D eigenvalue weighted by atomic mass is 9.85. The number of likely N-dealkylation sites (tertiary alicyclic amines) is 1. The lowest BCUT2D eigenvalue weighted by Gasteiger charge is -2.34. The predicted molar refractivity (Wildman–Crippen MR) is 126 cm³/mol. The van der Waals surface area contributed by atoms with E-state index in [-0.39, 0.29) is 30.9 Å². The summed E-state index contributed by atoms with van der Waals surface area (Å²) in [5, 5.41) is 26.4. The Balaban J connectivity index is 1.35. The average molecular weight is 486 g/mol. The van der Waals surface area contributed by atoms with Gasteiger partial charge in [-0.1, -0.05) is 26.0 Å². The molecular weight excluding hydrogens is 450 g/mol. The number of aromatic nitrogens is 5. The van der Waals surface area contributed by atoms with Gasteiger partial charge in [-0.15, -0.1) is 5.10 Å². The van der Waals surface area contributed by atoms with Crippen LogP contribution in [0.1, 0.15) is 82.3 Å². The van der Waals surface area contributed by atoms with E-state index in [0.29, 0.717) is 18.3 Å². The molecule has 2 N–H and O–H groups in total. The molecule has 2 aromatic rings. The van der Waals surface area contributed by atoms with E-state index in [4.69, 9.17) is 4.74 Å². The van der Waals surface area contributed by atoms with E-state index in [9.17, 15) is 14.7 Å². The van der Waals surface area contributed by atoms with Gasteiger partial charge in [-0.25, -0.2) is 4.68 Å². The van der Waals surface area contributed by atoms with Crippen LogP contribution in [-0.2, 0) is 21.4 Å². The summed E-state index contributed by atoms with van der Waals surface area (Å²) in [4.78, 5) is 28.7. The van der Waals surface area contributed by atoms with Crippen LogP contribution in [0, 0.1) is 5.41 Å². The Hall–Kier alpha value is -2.79. The predicted octanol–water partition coefficient (Wildman–Crippen LogP) is 1.93. The van der Waals surface area contributed by atoms with Crippen LogP contribution in [0.3, 0.4) is 0 Å². The summed E-state index contributed by atoms with van der Waals surface area (Å²) in [6.45, 7) is 6.72. The van der Waals surface area contributed by atoms with Crippen LogP contribution in [-0.4, -0.2) is 71.9 Å². The molecule has 1 saturated carbocycles. The van der Waals surface area contributed by atoms with Crippen LogP contribution >= 0.6 is 0 Å². The monoisotopic (exact) mass is 485 g/mol. The number of hydrogen-bond acceptors (Lipinski definition) is 7. The molecule has 11 nitrogen and oxygen atoms in total. The first-order chi connectivity index (χ1) is 16.6. The third-order valence-electron chi connectivity index (χ3n) is 7.12. The Morgan fingerprint density at radius 1 is 1.23 bits per heavy atom. The summed E-state index contributed by atoms with van der Waals surface area (Å²) >= 11 is 0. The molecule has 11 heteroatoms. The first kappa shape index (κ1) is 23.9. The molecule has 4 heterocycles. The maximum atomic E-state index is 13.9. The Labute approximate surface area is 204 Å². The summed E-state index contributed by atoms with van der Waals surface area (Å²) in [6, 6.07) is 0.374. The Morgan fingerprint density at radius 3 is 2.66 bits per heavy atom. The van der Waals surface area contributed by atoms with Gasteiger partial charge in [0.25, 0.3) is 0 Å². The number of aliphatic hydroxyl groups excluding tert-OH is 1. The second kappa shape index (κ2) is 9.02. The number of hydrogen-bond donors (Lipinski definition) is 2. The van der Waals surface area contributed by atoms with Gasteiger partial charge in [-0.05, 0) is 31.1 Å². The molecule has 3 aliphatic rings. The minimum atomic E-state index is -0.796. The van der Waals surface area contributed by atoms with Crippen molar-refractivity contribution in [3.05, 3.63) is 23.7 Å². The standard InChI is InChI=1S/C24H35N7O4/c1-24(2,3)21(31-13-17(26-28-31)14-7-8-14)23(34)30-12-15(32)10-18(30)22(33)25-20-11-16(27-29(20)4)19-6-5-9-35-19/h11,13-15,18-19,21,32H,5-10,12H2,1-4H3,(H,25,33). The molecular formula is C24H35N7O4. The molecule has 35 heavy (non-hydrogen) atoms. The molecule has 0 bridgehead atoms. The van der Waals surface area contributed by atoms with Gasteiger partial charge in [-0.3, -0.25) is 14.3 Å². The minimum absolute atomic E-state index is 0.0611. The number of carbonyl (C=O) groups is 2. The van der Waals surface area contributed by atoms with E-state index in [2.05, 4.69) is 20.7 Å². The average Bonchev–Trinajstić information content (AvgIpc) is 3.19. The van der Waals surface area contributed by atoms with Gasteiger partial charge < -0.3 is 20.1 Å². The Morgan fingerprint density at radius 2 is 2.00 bits per heavy atom. The third kappa shape index (κ3) is 4.84. The third-order valence-corrected chi connectivity index (χ3v) is 7.12. The van der Waals surface area contributed by atoms with Crippen LogP contribution in [0.5, 0.6) is 0 Å². The zero-order chi connectivity index (χ0) is 24.9. The van der Waals surface area contributed by atoms with E-state index < -0.39 is 23.6 Å².